The summed E-state index contributed by atoms with van der Waals surface area (Å²) in [4.78, 5) is 34.5. The van der Waals surface area contributed by atoms with Crippen LogP contribution in [-0.2, 0) is 17.7 Å². The van der Waals surface area contributed by atoms with Crippen molar-refractivity contribution in [3.05, 3.63) is 33.7 Å². The van der Waals surface area contributed by atoms with E-state index in [1.165, 1.54) is 11.6 Å². The van der Waals surface area contributed by atoms with Crippen molar-refractivity contribution in [3.63, 3.8) is 0 Å². The number of likely N-dealkylation sites (N-methyl/N-ethyl adjacent to an activating group) is 1. The van der Waals surface area contributed by atoms with E-state index in [2.05, 4.69) is 21.7 Å². The molecule has 3 aromatic rings. The molecule has 0 aliphatic carbocycles. The average Bonchev–Trinajstić information content (AvgIpc) is 3.30. The first kappa shape index (κ1) is 26.1. The molecule has 0 unspecified atom stereocenters. The normalized spacial score (nSPS) is 18.7. The molecule has 0 saturated carbocycles. The Labute approximate surface area is 232 Å². The Balaban J connectivity index is 1.35. The summed E-state index contributed by atoms with van der Waals surface area (Å²) in [6.45, 7) is 11.6. The highest BCUT2D eigenvalue weighted by Gasteiger charge is 2.31. The second kappa shape index (κ2) is 10.4. The second-order valence-electron chi connectivity index (χ2n) is 11.0. The molecule has 2 fully saturated rings. The molecule has 3 aliphatic rings. The van der Waals surface area contributed by atoms with E-state index in [-0.39, 0.29) is 28.9 Å². The Morgan fingerprint density at radius 1 is 0.974 bits per heavy atom. The number of fused-ring (bicyclic) bond motifs is 3. The Kier molecular flexibility index (Phi) is 6.98. The van der Waals surface area contributed by atoms with Crippen molar-refractivity contribution in [2.75, 3.05) is 75.9 Å². The number of aromatic nitrogens is 2. The van der Waals surface area contributed by atoms with Crippen molar-refractivity contribution in [1.29, 1.82) is 0 Å². The highest BCUT2D eigenvalue weighted by Crippen LogP contribution is 2.41. The van der Waals surface area contributed by atoms with Crippen LogP contribution in [0, 0.1) is 0 Å². The number of piperazine rings is 1. The van der Waals surface area contributed by atoms with Crippen LogP contribution in [0.15, 0.2) is 12.1 Å². The maximum atomic E-state index is 13.6. The molecule has 208 valence electrons. The molecule has 2 N–H and O–H groups in total. The number of nitrogens with zero attached hydrogens (tertiary/aromatic N) is 6. The third-order valence-corrected chi connectivity index (χ3v) is 9.16. The minimum Gasteiger partial charge on any atom is -0.508 e. The van der Waals surface area contributed by atoms with Gasteiger partial charge in [0, 0.05) is 56.8 Å². The number of thiophene rings is 1. The standard InChI is InChI=1S/C28H36N6O4S/c1-17(2)19-14-20(22(36)15-21(19)35)27(37)34-5-4-18-23(16-34)39-26-24(18)25(32-10-12-38-13-11-32)29-28(30-26)33-8-6-31(3)7-9-33/h14-15,17,35-36H,4-13,16H2,1-3H3. The second-order valence-corrected chi connectivity index (χ2v) is 12.1. The number of carbonyl (C=O) groups excluding carboxylic acids is 1. The number of hydrogen-bond acceptors (Lipinski definition) is 10. The molecule has 2 saturated heterocycles. The zero-order valence-corrected chi connectivity index (χ0v) is 23.6. The molecule has 0 bridgehead atoms. The first-order valence-corrected chi connectivity index (χ1v) is 14.6. The van der Waals surface area contributed by atoms with Crippen LogP contribution in [0.4, 0.5) is 11.8 Å². The molecule has 10 nitrogen and oxygen atoms in total. The van der Waals surface area contributed by atoms with Crippen LogP contribution < -0.4 is 9.80 Å². The van der Waals surface area contributed by atoms with Gasteiger partial charge in [-0.15, -0.1) is 11.3 Å². The van der Waals surface area contributed by atoms with Crippen LogP contribution in [0.25, 0.3) is 10.2 Å². The summed E-state index contributed by atoms with van der Waals surface area (Å²) in [6.07, 6.45) is 0.700. The van der Waals surface area contributed by atoms with Crippen LogP contribution in [0.5, 0.6) is 11.5 Å². The molecule has 0 atom stereocenters. The van der Waals surface area contributed by atoms with Gasteiger partial charge in [-0.2, -0.15) is 4.98 Å². The van der Waals surface area contributed by atoms with Gasteiger partial charge in [-0.05, 0) is 36.6 Å². The lowest BCUT2D eigenvalue weighted by Crippen LogP contribution is -2.45. The molecular weight excluding hydrogens is 516 g/mol. The smallest absolute Gasteiger partial charge is 0.257 e. The molecule has 3 aliphatic heterocycles. The van der Waals surface area contributed by atoms with Gasteiger partial charge in [-0.25, -0.2) is 4.98 Å². The summed E-state index contributed by atoms with van der Waals surface area (Å²) in [5, 5.41) is 21.9. The zero-order valence-electron chi connectivity index (χ0n) is 22.8. The Morgan fingerprint density at radius 2 is 1.72 bits per heavy atom. The number of phenolic OH excluding ortho intramolecular Hbond substituents is 2. The Morgan fingerprint density at radius 3 is 2.44 bits per heavy atom. The predicted octanol–water partition coefficient (Wildman–Crippen LogP) is 3.01. The number of anilines is 2. The number of carbonyl (C=O) groups is 1. The van der Waals surface area contributed by atoms with Crippen molar-refractivity contribution in [2.24, 2.45) is 0 Å². The van der Waals surface area contributed by atoms with E-state index in [4.69, 9.17) is 14.7 Å². The van der Waals surface area contributed by atoms with E-state index in [0.29, 0.717) is 38.3 Å². The largest absolute Gasteiger partial charge is 0.508 e. The summed E-state index contributed by atoms with van der Waals surface area (Å²) in [6, 6.07) is 2.91. The molecule has 1 amide bonds. The molecular formula is C28H36N6O4S. The van der Waals surface area contributed by atoms with Gasteiger partial charge in [0.1, 0.15) is 22.1 Å². The fourth-order valence-corrected chi connectivity index (χ4v) is 6.91. The number of rotatable bonds is 4. The number of phenols is 2. The van der Waals surface area contributed by atoms with E-state index < -0.39 is 0 Å². The highest BCUT2D eigenvalue weighted by atomic mass is 32.1. The highest BCUT2D eigenvalue weighted by molar-refractivity contribution is 7.19. The monoisotopic (exact) mass is 552 g/mol. The number of benzene rings is 1. The third-order valence-electron chi connectivity index (χ3n) is 8.05. The minimum absolute atomic E-state index is 0.00913. The van der Waals surface area contributed by atoms with Crippen molar-refractivity contribution in [2.45, 2.75) is 32.7 Å². The molecule has 39 heavy (non-hydrogen) atoms. The van der Waals surface area contributed by atoms with Gasteiger partial charge < -0.3 is 34.5 Å². The number of morpholine rings is 1. The van der Waals surface area contributed by atoms with E-state index in [9.17, 15) is 15.0 Å². The van der Waals surface area contributed by atoms with Crippen LogP contribution >= 0.6 is 11.3 Å². The summed E-state index contributed by atoms with van der Waals surface area (Å²) >= 11 is 1.65. The van der Waals surface area contributed by atoms with Crippen LogP contribution in [0.2, 0.25) is 0 Å². The maximum Gasteiger partial charge on any atom is 0.257 e. The Bertz CT molecular complexity index is 1390. The lowest BCUT2D eigenvalue weighted by atomic mass is 9.97. The molecule has 11 heteroatoms. The van der Waals surface area contributed by atoms with Crippen LogP contribution in [0.3, 0.4) is 0 Å². The Hall–Kier alpha value is -3.15. The lowest BCUT2D eigenvalue weighted by molar-refractivity contribution is 0.0734. The first-order valence-electron chi connectivity index (χ1n) is 13.7. The predicted molar refractivity (Wildman–Crippen MR) is 152 cm³/mol. The quantitative estimate of drug-likeness (QED) is 0.505. The molecule has 5 heterocycles. The van der Waals surface area contributed by atoms with Gasteiger partial charge >= 0.3 is 0 Å². The van der Waals surface area contributed by atoms with Gasteiger partial charge in [-0.1, -0.05) is 13.8 Å². The van der Waals surface area contributed by atoms with Crippen molar-refractivity contribution in [1.82, 2.24) is 19.8 Å². The fraction of sp³-hybridized carbons (Fsp3) is 0.536. The summed E-state index contributed by atoms with van der Waals surface area (Å²) < 4.78 is 5.63. The van der Waals surface area contributed by atoms with Gasteiger partial charge in [0.2, 0.25) is 5.95 Å². The van der Waals surface area contributed by atoms with Crippen molar-refractivity contribution < 1.29 is 19.7 Å². The van der Waals surface area contributed by atoms with E-state index >= 15 is 0 Å². The summed E-state index contributed by atoms with van der Waals surface area (Å²) in [5.41, 5.74) is 2.10. The third kappa shape index (κ3) is 4.87. The topological polar surface area (TPSA) is 106 Å². The average molecular weight is 553 g/mol. The van der Waals surface area contributed by atoms with Gasteiger partial charge in [0.15, 0.2) is 0 Å². The van der Waals surface area contributed by atoms with Crippen LogP contribution in [0.1, 0.15) is 46.1 Å². The van der Waals surface area contributed by atoms with E-state index in [0.717, 1.165) is 66.1 Å². The van der Waals surface area contributed by atoms with Crippen LogP contribution in [-0.4, -0.2) is 102 Å². The summed E-state index contributed by atoms with van der Waals surface area (Å²) in [7, 11) is 2.14. The van der Waals surface area contributed by atoms with E-state index in [1.54, 1.807) is 22.3 Å². The maximum absolute atomic E-state index is 13.6. The zero-order chi connectivity index (χ0) is 27.3. The van der Waals surface area contributed by atoms with Gasteiger partial charge in [0.25, 0.3) is 5.91 Å². The minimum atomic E-state index is -0.227. The SMILES string of the molecule is CC(C)c1cc(C(=O)N2CCc3c(sc4nc(N5CCN(C)CC5)nc(N5CCOCC5)c34)C2)c(O)cc1O. The summed E-state index contributed by atoms with van der Waals surface area (Å²) in [5.74, 6) is 1.37. The number of amides is 1. The molecule has 0 radical (unpaired) electrons. The van der Waals surface area contributed by atoms with Crippen molar-refractivity contribution >= 4 is 39.2 Å². The molecule has 0 spiro atoms. The first-order chi connectivity index (χ1) is 18.8. The molecule has 6 rings (SSSR count). The fourth-order valence-electron chi connectivity index (χ4n) is 5.69. The molecule has 2 aromatic heterocycles. The van der Waals surface area contributed by atoms with Crippen molar-refractivity contribution in [3.8, 4) is 11.5 Å². The van der Waals surface area contributed by atoms with Gasteiger partial charge in [-0.3, -0.25) is 4.79 Å². The number of ether oxygens (including phenoxy) is 1. The van der Waals surface area contributed by atoms with Gasteiger partial charge in [0.05, 0.1) is 30.7 Å². The molecule has 1 aromatic carbocycles. The van der Waals surface area contributed by atoms with E-state index in [1.807, 2.05) is 13.8 Å². The number of hydrogen-bond donors (Lipinski definition) is 2. The lowest BCUT2D eigenvalue weighted by Gasteiger charge is -2.34. The number of aromatic hydroxyl groups is 2.